The molecule has 0 amide bonds. The fourth-order valence-electron chi connectivity index (χ4n) is 1.52. The fraction of sp³-hybridized carbons (Fsp3) is 0. The second-order valence-corrected chi connectivity index (χ2v) is 6.42. The minimum atomic E-state index is -0.104. The third-order valence-electron chi connectivity index (χ3n) is 2.55. The average Bonchev–Trinajstić information content (AvgIpc) is 2.58. The molecule has 2 aromatic rings. The molecule has 0 aliphatic heterocycles. The maximum atomic E-state index is 5.69. The molecule has 148 valence electrons. The van der Waals surface area contributed by atoms with E-state index < -0.39 is 0 Å². The van der Waals surface area contributed by atoms with Crippen LogP contribution in [0.1, 0.15) is 0 Å². The second kappa shape index (κ2) is 14.0. The number of amidine groups is 2. The van der Waals surface area contributed by atoms with Crippen LogP contribution in [-0.2, 0) is 44.7 Å². The molecule has 0 bridgehead atoms. The fourth-order valence-corrected chi connectivity index (χ4v) is 2.20. The topological polar surface area (TPSA) is 154 Å². The second-order valence-electron chi connectivity index (χ2n) is 4.81. The van der Waals surface area contributed by atoms with Crippen LogP contribution >= 0.6 is 23.2 Å². The first-order valence-electron chi connectivity index (χ1n) is 7.37. The van der Waals surface area contributed by atoms with E-state index in [-0.39, 0.29) is 41.7 Å². The predicted molar refractivity (Wildman–Crippen MR) is 123 cm³/mol. The van der Waals surface area contributed by atoms with Crippen molar-refractivity contribution in [2.75, 3.05) is 0 Å². The van der Waals surface area contributed by atoms with E-state index in [0.717, 1.165) is 0 Å². The Bertz CT molecular complexity index is 817. The summed E-state index contributed by atoms with van der Waals surface area (Å²) in [5, 5.41) is 1.45. The van der Waals surface area contributed by atoms with Gasteiger partial charge in [-0.25, -0.2) is 9.98 Å². The monoisotopic (exact) mass is 518 g/mol. The minimum absolute atomic E-state index is 0. The normalized spacial score (nSPS) is 10.7. The number of hydrogen-bond acceptors (Lipinski definition) is 4. The number of nitrogens with two attached hydrogens (primary N) is 4. The summed E-state index contributed by atoms with van der Waals surface area (Å²) in [5.74, 6) is -0.208. The van der Waals surface area contributed by atoms with Gasteiger partial charge in [-0.2, -0.15) is 0 Å². The van der Waals surface area contributed by atoms with Crippen LogP contribution in [0, 0.1) is 0 Å². The van der Waals surface area contributed by atoms with Crippen molar-refractivity contribution in [2.24, 2.45) is 42.9 Å². The molecule has 0 atom stereocenters. The minimum Gasteiger partial charge on any atom is -0.740 e. The van der Waals surface area contributed by atoms with Gasteiger partial charge >= 0.3 is 19.5 Å². The van der Waals surface area contributed by atoms with Gasteiger partial charge in [0.25, 0.3) is 0 Å². The molecule has 0 aliphatic carbocycles. The van der Waals surface area contributed by atoms with Gasteiger partial charge in [-0.1, -0.05) is 23.2 Å². The van der Waals surface area contributed by atoms with Crippen LogP contribution in [0.15, 0.2) is 68.5 Å². The summed E-state index contributed by atoms with van der Waals surface area (Å²) in [6.45, 7) is 0. The van der Waals surface area contributed by atoms with Crippen LogP contribution in [0.5, 0.6) is 0 Å². The average molecular weight is 521 g/mol. The van der Waals surface area contributed by atoms with Crippen LogP contribution in [0.2, 0.25) is 10.0 Å². The summed E-state index contributed by atoms with van der Waals surface area (Å²) < 4.78 is 0. The zero-order valence-corrected chi connectivity index (χ0v) is 21.1. The molecule has 8 N–H and O–H groups in total. The van der Waals surface area contributed by atoms with Gasteiger partial charge < -0.3 is 48.2 Å². The Kier molecular flexibility index (Phi) is 13.0. The number of nitrogens with zero attached hydrogens (tertiary/aromatic N) is 4. The quantitative estimate of drug-likeness (QED) is 0.206. The van der Waals surface area contributed by atoms with Crippen molar-refractivity contribution < 1.29 is 19.5 Å². The molecule has 0 aromatic heterocycles. The molecule has 0 radical (unpaired) electrons. The van der Waals surface area contributed by atoms with Gasteiger partial charge in [0.15, 0.2) is 11.9 Å². The third kappa shape index (κ3) is 12.9. The van der Waals surface area contributed by atoms with Crippen molar-refractivity contribution in [3.8, 4) is 0 Å². The van der Waals surface area contributed by atoms with E-state index in [1.807, 2.05) is 0 Å². The maximum absolute atomic E-state index is 5.69. The first kappa shape index (κ1) is 27.0. The van der Waals surface area contributed by atoms with Crippen molar-refractivity contribution in [2.45, 2.75) is 0 Å². The molecule has 0 saturated heterocycles. The molecule has 0 saturated carbocycles. The number of rotatable bonds is 2. The molecule has 29 heavy (non-hydrogen) atoms. The van der Waals surface area contributed by atoms with E-state index in [1.165, 1.54) is 0 Å². The first-order valence-corrected chi connectivity index (χ1v) is 8.94. The molecule has 0 fully saturated rings. The molecule has 0 aliphatic rings. The van der Waals surface area contributed by atoms with Gasteiger partial charge in [0.1, 0.15) is 0 Å². The maximum Gasteiger partial charge on any atom is 2.00 e. The van der Waals surface area contributed by atoms with E-state index in [0.29, 0.717) is 21.4 Å². The largest absolute Gasteiger partial charge is 2.00 e. The predicted octanol–water partition coefficient (Wildman–Crippen LogP) is 2.29. The summed E-state index contributed by atoms with van der Waals surface area (Å²) in [4.78, 5) is 15.1. The summed E-state index contributed by atoms with van der Waals surface area (Å²) in [5.41, 5.74) is 21.8. The number of aliphatic imine (C=N–C) groups is 4. The van der Waals surface area contributed by atoms with Crippen LogP contribution in [0.3, 0.4) is 0 Å². The van der Waals surface area contributed by atoms with Gasteiger partial charge in [-0.15, -0.1) is 0 Å². The van der Waals surface area contributed by atoms with E-state index in [1.54, 1.807) is 48.5 Å². The molecule has 13 heteroatoms. The van der Waals surface area contributed by atoms with Crippen molar-refractivity contribution in [3.63, 3.8) is 0 Å². The van der Waals surface area contributed by atoms with E-state index in [9.17, 15) is 0 Å². The van der Waals surface area contributed by atoms with Crippen molar-refractivity contribution in [3.05, 3.63) is 58.6 Å². The molecule has 0 spiro atoms. The number of guanidine groups is 2. The van der Waals surface area contributed by atoms with Gasteiger partial charge in [0.2, 0.25) is 0 Å². The summed E-state index contributed by atoms with van der Waals surface area (Å²) in [7, 11) is 0. The van der Waals surface area contributed by atoms with Gasteiger partial charge in [0, 0.05) is 20.4 Å². The number of halogens is 2. The molecule has 2 aromatic carbocycles. The molecule has 2 rings (SSSR count). The van der Waals surface area contributed by atoms with E-state index in [4.69, 9.17) is 71.4 Å². The van der Waals surface area contributed by atoms with Gasteiger partial charge in [0.05, 0.1) is 11.4 Å². The summed E-state index contributed by atoms with van der Waals surface area (Å²) in [6, 6.07) is 13.7. The van der Waals surface area contributed by atoms with Gasteiger partial charge in [-0.05, 0) is 48.5 Å². The van der Waals surface area contributed by atoms with Crippen LogP contribution in [0.25, 0.3) is 0 Å². The Morgan fingerprint density at radius 1 is 0.621 bits per heavy atom. The standard InChI is InChI=1S/2C8H9ClN4S.Zn/c2*9-5-1-3-6(4-2-5)12-8(14)13-7(10)11;/h2*1-4H,(H5,10,11,12,13,14);/q;;+2/p-2. The SMILES string of the molecule is NC(N)=NC([S-])=Nc1ccc(Cl)cc1.NC(N)=NC([S-])=Nc1ccc(Cl)cc1.[Zn+2]. The van der Waals surface area contributed by atoms with E-state index >= 15 is 0 Å². The first-order chi connectivity index (χ1) is 13.2. The third-order valence-corrected chi connectivity index (χ3v) is 3.42. The molecule has 0 unspecified atom stereocenters. The Balaban J connectivity index is 0.000000523. The number of benzene rings is 2. The Hall–Kier alpha value is -2.04. The molecular weight excluding hydrogens is 505 g/mol. The van der Waals surface area contributed by atoms with Crippen molar-refractivity contribution >= 4 is 82.1 Å². The Morgan fingerprint density at radius 3 is 1.14 bits per heavy atom. The number of hydrogen-bond donors (Lipinski definition) is 4. The summed E-state index contributed by atoms with van der Waals surface area (Å²) in [6.07, 6.45) is 0. The smallest absolute Gasteiger partial charge is 0.740 e. The molecule has 0 heterocycles. The summed E-state index contributed by atoms with van der Waals surface area (Å²) >= 11 is 21.0. The molecular formula is C16H16Cl2N8S2Zn. The zero-order chi connectivity index (χ0) is 21.1. The zero-order valence-electron chi connectivity index (χ0n) is 15.0. The Morgan fingerprint density at radius 2 is 0.897 bits per heavy atom. The molecule has 8 nitrogen and oxygen atoms in total. The van der Waals surface area contributed by atoms with Gasteiger partial charge in [-0.3, -0.25) is 9.98 Å². The Labute approximate surface area is 202 Å². The van der Waals surface area contributed by atoms with Crippen LogP contribution < -0.4 is 22.9 Å². The van der Waals surface area contributed by atoms with E-state index in [2.05, 4.69) is 20.0 Å². The van der Waals surface area contributed by atoms with Crippen LogP contribution in [-0.4, -0.2) is 22.3 Å². The van der Waals surface area contributed by atoms with Crippen molar-refractivity contribution in [1.82, 2.24) is 0 Å². The van der Waals surface area contributed by atoms with Crippen LogP contribution in [0.4, 0.5) is 11.4 Å². The van der Waals surface area contributed by atoms with Crippen molar-refractivity contribution in [1.29, 1.82) is 0 Å².